The molecule has 1 aliphatic heterocycles. The van der Waals surface area contributed by atoms with Gasteiger partial charge in [0.05, 0.1) is 18.7 Å². The zero-order valence-electron chi connectivity index (χ0n) is 16.4. The Labute approximate surface area is 169 Å². The molecule has 28 heavy (non-hydrogen) atoms. The predicted octanol–water partition coefficient (Wildman–Crippen LogP) is 2.92. The summed E-state index contributed by atoms with van der Waals surface area (Å²) in [5.41, 5.74) is 1.33. The van der Waals surface area contributed by atoms with Crippen LogP contribution in [0, 0.1) is 0 Å². The van der Waals surface area contributed by atoms with E-state index in [1.807, 2.05) is 19.0 Å². The van der Waals surface area contributed by atoms with E-state index in [9.17, 15) is 13.6 Å². The number of carbonyl (C=O) groups excluding carboxylic acids is 1. The van der Waals surface area contributed by atoms with E-state index in [4.69, 9.17) is 17.0 Å². The molecule has 1 N–H and O–H groups in total. The molecule has 0 saturated heterocycles. The lowest BCUT2D eigenvalue weighted by Gasteiger charge is -2.38. The summed E-state index contributed by atoms with van der Waals surface area (Å²) in [6, 6.07) is 5.58. The molecule has 0 saturated carbocycles. The van der Waals surface area contributed by atoms with Crippen molar-refractivity contribution in [2.45, 2.75) is 26.0 Å². The lowest BCUT2D eigenvalue weighted by Crippen LogP contribution is -2.48. The molecule has 1 heterocycles. The molecule has 154 valence electrons. The number of methoxy groups -OCH3 is 1. The number of hydrogen-bond donors (Lipinski definition) is 1. The van der Waals surface area contributed by atoms with Gasteiger partial charge in [0, 0.05) is 17.8 Å². The van der Waals surface area contributed by atoms with Gasteiger partial charge in [-0.15, -0.1) is 0 Å². The number of nitrogens with zero attached hydrogens (tertiary/aromatic N) is 2. The van der Waals surface area contributed by atoms with Crippen molar-refractivity contribution in [3.8, 4) is 5.75 Å². The summed E-state index contributed by atoms with van der Waals surface area (Å²) in [5, 5.41) is 3.51. The number of esters is 1. The van der Waals surface area contributed by atoms with Crippen molar-refractivity contribution in [3.63, 3.8) is 0 Å². The fourth-order valence-electron chi connectivity index (χ4n) is 3.13. The molecule has 0 amide bonds. The quantitative estimate of drug-likeness (QED) is 0.520. The van der Waals surface area contributed by atoms with Crippen molar-refractivity contribution < 1.29 is 23.0 Å². The van der Waals surface area contributed by atoms with E-state index in [1.54, 1.807) is 25.1 Å². The molecule has 1 atom stereocenters. The molecular formula is C19H25F2N3O3S. The highest BCUT2D eigenvalue weighted by Crippen LogP contribution is 2.36. The number of allylic oxidation sites excluding steroid dienone is 1. The lowest BCUT2D eigenvalue weighted by molar-refractivity contribution is -0.136. The van der Waals surface area contributed by atoms with Gasteiger partial charge in [-0.1, -0.05) is 18.2 Å². The first kappa shape index (κ1) is 22.0. The first-order valence-electron chi connectivity index (χ1n) is 8.81. The highest BCUT2D eigenvalue weighted by atomic mass is 32.1. The first-order chi connectivity index (χ1) is 13.3. The lowest BCUT2D eigenvalue weighted by atomic mass is 9.94. The number of para-hydroxylation sites is 1. The van der Waals surface area contributed by atoms with Crippen molar-refractivity contribution in [3.05, 3.63) is 41.1 Å². The van der Waals surface area contributed by atoms with Crippen LogP contribution in [0.25, 0.3) is 0 Å². The van der Waals surface area contributed by atoms with E-state index in [-0.39, 0.29) is 5.75 Å². The van der Waals surface area contributed by atoms with Crippen molar-refractivity contribution in [2.24, 2.45) is 0 Å². The van der Waals surface area contributed by atoms with Gasteiger partial charge in [-0.05, 0) is 52.3 Å². The predicted molar refractivity (Wildman–Crippen MR) is 106 cm³/mol. The van der Waals surface area contributed by atoms with Crippen LogP contribution in [-0.2, 0) is 9.53 Å². The van der Waals surface area contributed by atoms with Crippen LogP contribution in [0.15, 0.2) is 35.5 Å². The zero-order valence-corrected chi connectivity index (χ0v) is 17.2. The molecule has 6 nitrogen and oxygen atoms in total. The average molecular weight is 413 g/mol. The Balaban J connectivity index is 2.44. The fourth-order valence-corrected chi connectivity index (χ4v) is 3.47. The number of benzene rings is 1. The van der Waals surface area contributed by atoms with Gasteiger partial charge in [-0.3, -0.25) is 0 Å². The molecule has 0 aromatic heterocycles. The van der Waals surface area contributed by atoms with Crippen LogP contribution in [0.3, 0.4) is 0 Å². The molecule has 0 bridgehead atoms. The van der Waals surface area contributed by atoms with Gasteiger partial charge < -0.3 is 24.6 Å². The van der Waals surface area contributed by atoms with Crippen molar-refractivity contribution in [1.82, 2.24) is 15.1 Å². The van der Waals surface area contributed by atoms with E-state index in [0.717, 1.165) is 13.0 Å². The highest BCUT2D eigenvalue weighted by Gasteiger charge is 2.36. The van der Waals surface area contributed by atoms with Crippen LogP contribution in [0.2, 0.25) is 0 Å². The summed E-state index contributed by atoms with van der Waals surface area (Å²) in [6.07, 6.45) is 0.830. The summed E-state index contributed by atoms with van der Waals surface area (Å²) in [6.45, 7) is 0.261. The number of nitrogens with one attached hydrogen (secondary N) is 1. The number of hydrogen-bond acceptors (Lipinski definition) is 5. The Hall–Kier alpha value is -2.26. The van der Waals surface area contributed by atoms with Crippen LogP contribution < -0.4 is 10.1 Å². The number of carbonyl (C=O) groups is 1. The number of ether oxygens (including phenoxy) is 2. The van der Waals surface area contributed by atoms with Crippen LogP contribution >= 0.6 is 12.2 Å². The third kappa shape index (κ3) is 5.17. The minimum atomic E-state index is -2.98. The van der Waals surface area contributed by atoms with Crippen LogP contribution in [0.4, 0.5) is 8.78 Å². The Kier molecular flexibility index (Phi) is 7.70. The number of rotatable bonds is 8. The van der Waals surface area contributed by atoms with Crippen molar-refractivity contribution in [2.75, 3.05) is 34.3 Å². The molecular weight excluding hydrogens is 388 g/mol. The summed E-state index contributed by atoms with van der Waals surface area (Å²) in [5.74, 6) is -0.574. The van der Waals surface area contributed by atoms with Gasteiger partial charge in [0.25, 0.3) is 0 Å². The monoisotopic (exact) mass is 413 g/mol. The van der Waals surface area contributed by atoms with Gasteiger partial charge >= 0.3 is 12.6 Å². The summed E-state index contributed by atoms with van der Waals surface area (Å²) >= 11 is 5.49. The van der Waals surface area contributed by atoms with Crippen LogP contribution in [0.5, 0.6) is 5.75 Å². The third-order valence-electron chi connectivity index (χ3n) is 4.43. The standard InChI is InChI=1S/C19H25F2N3O3S/c1-12-15(17(25)26-4)16(13-8-5-6-9-14(13)27-18(20)21)22-19(28)24(12)11-7-10-23(2)3/h5-6,8-9,16,18H,7,10-11H2,1-4H3,(H,22,28)/t16-/m0/s1. The number of halogens is 2. The van der Waals surface area contributed by atoms with E-state index in [0.29, 0.717) is 28.5 Å². The molecule has 0 aliphatic carbocycles. The number of thiocarbonyl (C=S) groups is 1. The maximum atomic E-state index is 12.8. The molecule has 9 heteroatoms. The normalized spacial score (nSPS) is 17.2. The van der Waals surface area contributed by atoms with Crippen molar-refractivity contribution >= 4 is 23.3 Å². The minimum Gasteiger partial charge on any atom is -0.466 e. The third-order valence-corrected chi connectivity index (χ3v) is 4.77. The molecule has 0 spiro atoms. The summed E-state index contributed by atoms with van der Waals surface area (Å²) in [4.78, 5) is 16.4. The molecule has 0 fully saturated rings. The Morgan fingerprint density at radius 2 is 2.04 bits per heavy atom. The summed E-state index contributed by atoms with van der Waals surface area (Å²) in [7, 11) is 5.24. The van der Waals surface area contributed by atoms with Crippen molar-refractivity contribution in [1.29, 1.82) is 0 Å². The second-order valence-electron chi connectivity index (χ2n) is 6.60. The van der Waals surface area contributed by atoms with Gasteiger partial charge in [0.1, 0.15) is 5.75 Å². The van der Waals surface area contributed by atoms with Gasteiger partial charge in [0.15, 0.2) is 5.11 Å². The van der Waals surface area contributed by atoms with Crippen LogP contribution in [0.1, 0.15) is 24.9 Å². The molecule has 0 unspecified atom stereocenters. The Bertz CT molecular complexity index is 756. The SMILES string of the molecule is COC(=O)C1=C(C)N(CCCN(C)C)C(=S)N[C@H]1c1ccccc1OC(F)F. The topological polar surface area (TPSA) is 54.0 Å². The minimum absolute atomic E-state index is 0.0203. The molecule has 1 aliphatic rings. The molecule has 1 aromatic rings. The molecule has 1 aromatic carbocycles. The van der Waals surface area contributed by atoms with E-state index >= 15 is 0 Å². The second-order valence-corrected chi connectivity index (χ2v) is 6.98. The van der Waals surface area contributed by atoms with E-state index < -0.39 is 18.6 Å². The van der Waals surface area contributed by atoms with Gasteiger partial charge in [0.2, 0.25) is 0 Å². The molecule has 2 rings (SSSR count). The summed E-state index contributed by atoms with van der Waals surface area (Å²) < 4.78 is 35.2. The van der Waals surface area contributed by atoms with Gasteiger partial charge in [-0.2, -0.15) is 8.78 Å². The largest absolute Gasteiger partial charge is 0.466 e. The molecule has 0 radical (unpaired) electrons. The maximum Gasteiger partial charge on any atom is 0.387 e. The fraction of sp³-hybridized carbons (Fsp3) is 0.474. The van der Waals surface area contributed by atoms with E-state index in [1.165, 1.54) is 13.2 Å². The maximum absolute atomic E-state index is 12.8. The van der Waals surface area contributed by atoms with Gasteiger partial charge in [-0.25, -0.2) is 4.79 Å². The first-order valence-corrected chi connectivity index (χ1v) is 9.22. The smallest absolute Gasteiger partial charge is 0.387 e. The number of alkyl halides is 2. The zero-order chi connectivity index (χ0) is 20.8. The van der Waals surface area contributed by atoms with Crippen LogP contribution in [-0.4, -0.2) is 61.8 Å². The van der Waals surface area contributed by atoms with E-state index in [2.05, 4.69) is 15.0 Å². The average Bonchev–Trinajstić information content (AvgIpc) is 2.63. The second kappa shape index (κ2) is 9.79. The highest BCUT2D eigenvalue weighted by molar-refractivity contribution is 7.80. The Morgan fingerprint density at radius 1 is 1.36 bits per heavy atom. The Morgan fingerprint density at radius 3 is 2.64 bits per heavy atom.